The number of nitrogens with zero attached hydrogens (tertiary/aromatic N) is 2. The summed E-state index contributed by atoms with van der Waals surface area (Å²) >= 11 is 0. The van der Waals surface area contributed by atoms with Crippen molar-refractivity contribution in [2.24, 2.45) is 0 Å². The van der Waals surface area contributed by atoms with Gasteiger partial charge in [0.05, 0.1) is 18.0 Å². The number of ketones is 1. The Morgan fingerprint density at radius 1 is 0.923 bits per heavy atom. The van der Waals surface area contributed by atoms with Gasteiger partial charge in [-0.2, -0.15) is 0 Å². The largest absolute Gasteiger partial charge is 0.507 e. The highest BCUT2D eigenvalue weighted by Crippen LogP contribution is 2.43. The first-order valence-corrected chi connectivity index (χ1v) is 12.8. The number of aliphatic hydroxyl groups is 1. The summed E-state index contributed by atoms with van der Waals surface area (Å²) in [6.07, 6.45) is -0.155. The van der Waals surface area contributed by atoms with Crippen molar-refractivity contribution in [3.05, 3.63) is 100 Å². The van der Waals surface area contributed by atoms with E-state index in [9.17, 15) is 19.5 Å². The third-order valence-corrected chi connectivity index (χ3v) is 7.10. The maximum atomic E-state index is 13.6. The molecule has 1 unspecified atom stereocenters. The van der Waals surface area contributed by atoms with Crippen molar-refractivity contribution < 1.29 is 24.6 Å². The van der Waals surface area contributed by atoms with Crippen molar-refractivity contribution in [1.29, 1.82) is 0 Å². The minimum Gasteiger partial charge on any atom is -0.507 e. The van der Waals surface area contributed by atoms with Crippen LogP contribution in [0.3, 0.4) is 0 Å². The van der Waals surface area contributed by atoms with Gasteiger partial charge < -0.3 is 15.1 Å². The van der Waals surface area contributed by atoms with E-state index >= 15 is 0 Å². The molecule has 39 heavy (non-hydrogen) atoms. The Kier molecular flexibility index (Phi) is 7.37. The van der Waals surface area contributed by atoms with Gasteiger partial charge in [-0.15, -0.1) is 0 Å². The molecule has 0 spiro atoms. The summed E-state index contributed by atoms with van der Waals surface area (Å²) < 4.78 is 0. The van der Waals surface area contributed by atoms with E-state index in [2.05, 4.69) is 20.8 Å². The summed E-state index contributed by atoms with van der Waals surface area (Å²) in [5, 5.41) is 20.8. The fourth-order valence-electron chi connectivity index (χ4n) is 4.81. The third-order valence-electron chi connectivity index (χ3n) is 7.10. The van der Waals surface area contributed by atoms with Crippen molar-refractivity contribution in [3.63, 3.8) is 0 Å². The molecule has 3 aromatic rings. The van der Waals surface area contributed by atoms with Crippen LogP contribution in [0, 0.1) is 6.92 Å². The Hall–Kier alpha value is -4.39. The van der Waals surface area contributed by atoms with Crippen LogP contribution in [0.25, 0.3) is 5.76 Å². The Morgan fingerprint density at radius 2 is 1.54 bits per heavy atom. The van der Waals surface area contributed by atoms with Crippen LogP contribution in [-0.4, -0.2) is 42.0 Å². The average molecular weight is 527 g/mol. The topological polar surface area (TPSA) is 98.2 Å². The molecular formula is C32H34N2O5. The maximum Gasteiger partial charge on any atom is 0.307 e. The van der Waals surface area contributed by atoms with Crippen molar-refractivity contribution in [3.8, 4) is 0 Å². The number of carbonyl (C=O) groups is 3. The highest BCUT2D eigenvalue weighted by Gasteiger charge is 2.47. The van der Waals surface area contributed by atoms with E-state index < -0.39 is 23.7 Å². The van der Waals surface area contributed by atoms with Crippen LogP contribution in [0.1, 0.15) is 54.6 Å². The molecule has 0 aromatic heterocycles. The zero-order valence-corrected chi connectivity index (χ0v) is 23.1. The molecule has 1 aliphatic rings. The fraction of sp³-hybridized carbons (Fsp3) is 0.281. The Labute approximate surface area is 229 Å². The molecule has 1 saturated heterocycles. The average Bonchev–Trinajstić information content (AvgIpc) is 3.13. The monoisotopic (exact) mass is 526 g/mol. The van der Waals surface area contributed by atoms with Gasteiger partial charge in [-0.3, -0.25) is 19.3 Å². The molecule has 0 bridgehead atoms. The smallest absolute Gasteiger partial charge is 0.307 e. The number of carboxylic acid groups (broad SMARTS) is 1. The number of aliphatic hydroxyl groups excluding tert-OH is 1. The number of Topliss-reactive ketones (excluding diaryl/α,β-unsaturated/α-hetero) is 1. The number of amides is 1. The van der Waals surface area contributed by atoms with Crippen LogP contribution in [0.5, 0.6) is 0 Å². The summed E-state index contributed by atoms with van der Waals surface area (Å²) in [6, 6.07) is 19.0. The lowest BCUT2D eigenvalue weighted by Gasteiger charge is -2.26. The van der Waals surface area contributed by atoms with Gasteiger partial charge in [0.2, 0.25) is 0 Å². The highest BCUT2D eigenvalue weighted by atomic mass is 16.4. The van der Waals surface area contributed by atoms with Crippen molar-refractivity contribution in [2.45, 2.75) is 45.6 Å². The molecule has 202 valence electrons. The van der Waals surface area contributed by atoms with Gasteiger partial charge in [0.1, 0.15) is 5.76 Å². The summed E-state index contributed by atoms with van der Waals surface area (Å²) in [4.78, 5) is 41.6. The first-order chi connectivity index (χ1) is 18.3. The van der Waals surface area contributed by atoms with E-state index in [1.54, 1.807) is 24.3 Å². The van der Waals surface area contributed by atoms with E-state index in [-0.39, 0.29) is 23.2 Å². The van der Waals surface area contributed by atoms with Crippen LogP contribution in [0.15, 0.2) is 72.3 Å². The SMILES string of the molecule is Cc1ccc(C(C)(C)C)cc1/C(O)=C1\C(=O)C(=O)N(c2ccc(CC(=O)O)cc2)C1c1ccc(N(C)C)cc1. The van der Waals surface area contributed by atoms with Gasteiger partial charge >= 0.3 is 5.97 Å². The minimum atomic E-state index is -0.961. The predicted molar refractivity (Wildman–Crippen MR) is 153 cm³/mol. The first kappa shape index (κ1) is 27.6. The standard InChI is InChI=1S/C32H34N2O5/c1-19-7-12-22(32(2,3)4)18-25(19)29(37)27-28(21-10-15-23(16-11-21)33(5)6)34(31(39)30(27)38)24-13-8-20(9-14-24)17-26(35)36/h7-16,18,28,37H,17H2,1-6H3,(H,35,36)/b29-27+. The molecule has 0 aliphatic carbocycles. The second kappa shape index (κ2) is 10.4. The number of carboxylic acids is 1. The van der Waals surface area contributed by atoms with Crippen LogP contribution < -0.4 is 9.80 Å². The number of carbonyl (C=O) groups excluding carboxylic acids is 2. The van der Waals surface area contributed by atoms with Gasteiger partial charge in [-0.25, -0.2) is 0 Å². The lowest BCUT2D eigenvalue weighted by atomic mass is 9.84. The molecule has 1 aliphatic heterocycles. The molecule has 1 amide bonds. The molecule has 4 rings (SSSR count). The molecule has 0 saturated carbocycles. The van der Waals surface area contributed by atoms with Gasteiger partial charge in [0.15, 0.2) is 0 Å². The number of hydrogen-bond acceptors (Lipinski definition) is 5. The highest BCUT2D eigenvalue weighted by molar-refractivity contribution is 6.51. The van der Waals surface area contributed by atoms with Gasteiger partial charge in [-0.05, 0) is 64.9 Å². The maximum absolute atomic E-state index is 13.6. The molecule has 0 radical (unpaired) electrons. The quantitative estimate of drug-likeness (QED) is 0.246. The Bertz CT molecular complexity index is 1460. The Balaban J connectivity index is 1.92. The zero-order valence-electron chi connectivity index (χ0n) is 23.1. The van der Waals surface area contributed by atoms with Crippen LogP contribution in [-0.2, 0) is 26.2 Å². The van der Waals surface area contributed by atoms with E-state index in [0.717, 1.165) is 16.8 Å². The molecule has 7 nitrogen and oxygen atoms in total. The second-order valence-electron chi connectivity index (χ2n) is 11.2. The molecule has 1 atom stereocenters. The molecule has 7 heteroatoms. The summed E-state index contributed by atoms with van der Waals surface area (Å²) in [6.45, 7) is 8.07. The van der Waals surface area contributed by atoms with E-state index in [4.69, 9.17) is 5.11 Å². The first-order valence-electron chi connectivity index (χ1n) is 12.8. The molecule has 1 heterocycles. The van der Waals surface area contributed by atoms with Crippen molar-refractivity contribution in [2.75, 3.05) is 23.9 Å². The molecule has 2 N–H and O–H groups in total. The number of benzene rings is 3. The number of anilines is 2. The van der Waals surface area contributed by atoms with Crippen LogP contribution in [0.2, 0.25) is 0 Å². The van der Waals surface area contributed by atoms with Gasteiger partial charge in [0.25, 0.3) is 11.7 Å². The second-order valence-corrected chi connectivity index (χ2v) is 11.2. The summed E-state index contributed by atoms with van der Waals surface area (Å²) in [5.41, 5.74) is 4.73. The molecular weight excluding hydrogens is 492 g/mol. The number of rotatable bonds is 6. The van der Waals surface area contributed by atoms with Gasteiger partial charge in [-0.1, -0.05) is 57.2 Å². The van der Waals surface area contributed by atoms with Crippen molar-refractivity contribution >= 4 is 34.8 Å². The van der Waals surface area contributed by atoms with Gasteiger partial charge in [0, 0.05) is 31.0 Å². The summed E-state index contributed by atoms with van der Waals surface area (Å²) in [7, 11) is 3.84. The van der Waals surface area contributed by atoms with E-state index in [0.29, 0.717) is 22.4 Å². The summed E-state index contributed by atoms with van der Waals surface area (Å²) in [5.74, 6) is -2.71. The van der Waals surface area contributed by atoms with E-state index in [1.165, 1.54) is 4.90 Å². The van der Waals surface area contributed by atoms with E-state index in [1.807, 2.05) is 68.4 Å². The fourth-order valence-corrected chi connectivity index (χ4v) is 4.81. The lowest BCUT2D eigenvalue weighted by molar-refractivity contribution is -0.136. The number of aryl methyl sites for hydroxylation is 1. The van der Waals surface area contributed by atoms with Crippen LogP contribution in [0.4, 0.5) is 11.4 Å². The third kappa shape index (κ3) is 5.43. The zero-order chi connectivity index (χ0) is 28.6. The number of hydrogen-bond donors (Lipinski definition) is 2. The normalized spacial score (nSPS) is 17.0. The molecule has 3 aromatic carbocycles. The van der Waals surface area contributed by atoms with Crippen molar-refractivity contribution in [1.82, 2.24) is 0 Å². The Morgan fingerprint density at radius 3 is 2.08 bits per heavy atom. The molecule has 1 fully saturated rings. The number of aliphatic carboxylic acids is 1. The lowest BCUT2D eigenvalue weighted by Crippen LogP contribution is -2.29. The minimum absolute atomic E-state index is 0.0152. The van der Waals surface area contributed by atoms with Crippen LogP contribution >= 0.6 is 0 Å². The predicted octanol–water partition coefficient (Wildman–Crippen LogP) is 5.61.